The summed E-state index contributed by atoms with van der Waals surface area (Å²) in [7, 11) is 0. The van der Waals surface area contributed by atoms with Gasteiger partial charge >= 0.3 is 0 Å². The lowest BCUT2D eigenvalue weighted by molar-refractivity contribution is -0.133. The number of para-hydroxylation sites is 1. The molecule has 4 rings (SSSR count). The van der Waals surface area contributed by atoms with Crippen molar-refractivity contribution in [3.05, 3.63) is 82.9 Å². The van der Waals surface area contributed by atoms with Crippen LogP contribution in [0.3, 0.4) is 0 Å². The van der Waals surface area contributed by atoms with Gasteiger partial charge in [0.05, 0.1) is 22.6 Å². The van der Waals surface area contributed by atoms with Crippen LogP contribution in [-0.4, -0.2) is 26.9 Å². The Morgan fingerprint density at radius 2 is 1.67 bits per heavy atom. The Morgan fingerprint density at radius 1 is 0.970 bits per heavy atom. The van der Waals surface area contributed by atoms with Gasteiger partial charge < -0.3 is 4.90 Å². The van der Waals surface area contributed by atoms with E-state index in [-0.39, 0.29) is 17.5 Å². The zero-order chi connectivity index (χ0) is 23.5. The summed E-state index contributed by atoms with van der Waals surface area (Å²) in [4.78, 5) is 33.5. The Hall–Kier alpha value is -3.47. The molecule has 3 aromatic carbocycles. The first kappa shape index (κ1) is 22.7. The van der Waals surface area contributed by atoms with Crippen LogP contribution in [0.4, 0.5) is 0 Å². The predicted molar refractivity (Wildman–Crippen MR) is 135 cm³/mol. The minimum atomic E-state index is -0.347. The first-order chi connectivity index (χ1) is 15.9. The van der Waals surface area contributed by atoms with Crippen molar-refractivity contribution in [3.63, 3.8) is 0 Å². The zero-order valence-corrected chi connectivity index (χ0v) is 19.8. The van der Waals surface area contributed by atoms with E-state index in [0.717, 1.165) is 22.9 Å². The van der Waals surface area contributed by atoms with E-state index >= 15 is 0 Å². The van der Waals surface area contributed by atoms with Gasteiger partial charge in [0.25, 0.3) is 5.56 Å². The van der Waals surface area contributed by atoms with E-state index < -0.39 is 0 Å². The Kier molecular flexibility index (Phi) is 6.59. The standard InChI is InChI=1S/C28H31N3O2/c1-5-26(32)30(17-16-19(2)3)20(4)27-29-25-13-9-8-12-24(25)28(33)31(27)23-15-14-21-10-6-7-11-22(21)18-23/h6-15,18-20H,5,16-17H2,1-4H3. The minimum Gasteiger partial charge on any atom is -0.333 e. The molecule has 0 radical (unpaired) electrons. The molecule has 5 nitrogen and oxygen atoms in total. The van der Waals surface area contributed by atoms with Crippen molar-refractivity contribution in [2.45, 2.75) is 46.6 Å². The van der Waals surface area contributed by atoms with Crippen LogP contribution in [0.1, 0.15) is 52.4 Å². The highest BCUT2D eigenvalue weighted by atomic mass is 16.2. The number of aromatic nitrogens is 2. The van der Waals surface area contributed by atoms with E-state index in [1.807, 2.05) is 79.4 Å². The van der Waals surface area contributed by atoms with Crippen LogP contribution in [0.25, 0.3) is 27.4 Å². The zero-order valence-electron chi connectivity index (χ0n) is 19.8. The average molecular weight is 442 g/mol. The number of carbonyl (C=O) groups excluding carboxylic acids is 1. The van der Waals surface area contributed by atoms with E-state index in [9.17, 15) is 9.59 Å². The van der Waals surface area contributed by atoms with E-state index in [4.69, 9.17) is 4.98 Å². The van der Waals surface area contributed by atoms with Gasteiger partial charge in [-0.1, -0.05) is 63.2 Å². The normalized spacial score (nSPS) is 12.4. The summed E-state index contributed by atoms with van der Waals surface area (Å²) < 4.78 is 1.69. The molecule has 0 N–H and O–H groups in total. The van der Waals surface area contributed by atoms with Crippen molar-refractivity contribution in [2.75, 3.05) is 6.54 Å². The van der Waals surface area contributed by atoms with E-state index in [1.54, 1.807) is 4.57 Å². The van der Waals surface area contributed by atoms with Gasteiger partial charge in [-0.15, -0.1) is 0 Å². The molecule has 0 aliphatic rings. The highest BCUT2D eigenvalue weighted by Crippen LogP contribution is 2.26. The van der Waals surface area contributed by atoms with Gasteiger partial charge in [0.1, 0.15) is 5.82 Å². The highest BCUT2D eigenvalue weighted by Gasteiger charge is 2.26. The van der Waals surface area contributed by atoms with Crippen LogP contribution < -0.4 is 5.56 Å². The predicted octanol–water partition coefficient (Wildman–Crippen LogP) is 5.88. The molecule has 0 bridgehead atoms. The number of nitrogens with zero attached hydrogens (tertiary/aromatic N) is 3. The van der Waals surface area contributed by atoms with Gasteiger partial charge in [-0.25, -0.2) is 4.98 Å². The van der Waals surface area contributed by atoms with Crippen molar-refractivity contribution in [3.8, 4) is 5.69 Å². The summed E-state index contributed by atoms with van der Waals surface area (Å²) >= 11 is 0. The lowest BCUT2D eigenvalue weighted by atomic mass is 10.1. The van der Waals surface area contributed by atoms with Gasteiger partial charge in [-0.2, -0.15) is 0 Å². The molecule has 0 aliphatic carbocycles. The third-order valence-electron chi connectivity index (χ3n) is 6.20. The van der Waals surface area contributed by atoms with Crippen molar-refractivity contribution < 1.29 is 4.79 Å². The summed E-state index contributed by atoms with van der Waals surface area (Å²) in [5.41, 5.74) is 1.28. The van der Waals surface area contributed by atoms with Crippen LogP contribution in [0, 0.1) is 5.92 Å². The minimum absolute atomic E-state index is 0.0654. The molecular weight excluding hydrogens is 410 g/mol. The molecule has 1 unspecified atom stereocenters. The Balaban J connectivity index is 1.94. The molecule has 33 heavy (non-hydrogen) atoms. The molecule has 0 aliphatic heterocycles. The topological polar surface area (TPSA) is 55.2 Å². The quantitative estimate of drug-likeness (QED) is 0.360. The first-order valence-electron chi connectivity index (χ1n) is 11.7. The maximum atomic E-state index is 13.7. The van der Waals surface area contributed by atoms with Crippen LogP contribution in [-0.2, 0) is 4.79 Å². The summed E-state index contributed by atoms with van der Waals surface area (Å²) in [6.45, 7) is 8.78. The molecule has 1 heterocycles. The molecule has 1 aromatic heterocycles. The SMILES string of the molecule is CCC(=O)N(CCC(C)C)C(C)c1nc2ccccc2c(=O)n1-c1ccc2ccccc2c1. The Labute approximate surface area is 194 Å². The molecule has 1 amide bonds. The molecule has 5 heteroatoms. The van der Waals surface area contributed by atoms with E-state index in [1.165, 1.54) is 0 Å². The number of carbonyl (C=O) groups is 1. The molecule has 1 atom stereocenters. The molecule has 0 spiro atoms. The molecule has 4 aromatic rings. The van der Waals surface area contributed by atoms with Crippen molar-refractivity contribution in [2.24, 2.45) is 5.92 Å². The van der Waals surface area contributed by atoms with Gasteiger partial charge in [0.15, 0.2) is 0 Å². The van der Waals surface area contributed by atoms with Crippen LogP contribution in [0.2, 0.25) is 0 Å². The lowest BCUT2D eigenvalue weighted by Crippen LogP contribution is -2.38. The second kappa shape index (κ2) is 9.57. The van der Waals surface area contributed by atoms with Crippen LogP contribution in [0.5, 0.6) is 0 Å². The number of amides is 1. The average Bonchev–Trinajstić information content (AvgIpc) is 2.83. The second-order valence-electron chi connectivity index (χ2n) is 8.96. The molecular formula is C28H31N3O2. The number of hydrogen-bond acceptors (Lipinski definition) is 3. The largest absolute Gasteiger partial charge is 0.333 e. The maximum absolute atomic E-state index is 13.7. The fraction of sp³-hybridized carbons (Fsp3) is 0.321. The highest BCUT2D eigenvalue weighted by molar-refractivity contribution is 5.85. The van der Waals surface area contributed by atoms with Crippen LogP contribution >= 0.6 is 0 Å². The molecule has 0 saturated heterocycles. The first-order valence-corrected chi connectivity index (χ1v) is 11.7. The fourth-order valence-electron chi connectivity index (χ4n) is 4.27. The smallest absolute Gasteiger partial charge is 0.266 e. The number of hydrogen-bond donors (Lipinski definition) is 0. The van der Waals surface area contributed by atoms with Gasteiger partial charge in [0, 0.05) is 13.0 Å². The number of rotatable bonds is 7. The third kappa shape index (κ3) is 4.54. The fourth-order valence-corrected chi connectivity index (χ4v) is 4.27. The second-order valence-corrected chi connectivity index (χ2v) is 8.96. The Morgan fingerprint density at radius 3 is 2.39 bits per heavy atom. The summed E-state index contributed by atoms with van der Waals surface area (Å²) in [5, 5.41) is 2.73. The van der Waals surface area contributed by atoms with E-state index in [2.05, 4.69) is 19.9 Å². The van der Waals surface area contributed by atoms with Crippen molar-refractivity contribution in [1.29, 1.82) is 0 Å². The summed E-state index contributed by atoms with van der Waals surface area (Å²) in [6, 6.07) is 21.1. The third-order valence-corrected chi connectivity index (χ3v) is 6.20. The lowest BCUT2D eigenvalue weighted by Gasteiger charge is -2.31. The van der Waals surface area contributed by atoms with Gasteiger partial charge in [-0.05, 0) is 54.3 Å². The van der Waals surface area contributed by atoms with Crippen LogP contribution in [0.15, 0.2) is 71.5 Å². The van der Waals surface area contributed by atoms with Crippen molar-refractivity contribution >= 4 is 27.6 Å². The number of fused-ring (bicyclic) bond motifs is 2. The Bertz CT molecular complexity index is 1360. The molecule has 170 valence electrons. The molecule has 0 saturated carbocycles. The number of benzene rings is 3. The van der Waals surface area contributed by atoms with Gasteiger partial charge in [-0.3, -0.25) is 14.2 Å². The maximum Gasteiger partial charge on any atom is 0.266 e. The van der Waals surface area contributed by atoms with Crippen molar-refractivity contribution in [1.82, 2.24) is 14.5 Å². The molecule has 0 fully saturated rings. The van der Waals surface area contributed by atoms with Gasteiger partial charge in [0.2, 0.25) is 5.91 Å². The monoisotopic (exact) mass is 441 g/mol. The van der Waals surface area contributed by atoms with E-state index in [0.29, 0.717) is 35.6 Å². The summed E-state index contributed by atoms with van der Waals surface area (Å²) in [5.74, 6) is 1.12. The summed E-state index contributed by atoms with van der Waals surface area (Å²) in [6.07, 6.45) is 1.31.